The number of anilines is 1. The first-order valence-electron chi connectivity index (χ1n) is 11.2. The lowest BCUT2D eigenvalue weighted by Gasteiger charge is -2.14. The lowest BCUT2D eigenvalue weighted by Crippen LogP contribution is -2.18. The van der Waals surface area contributed by atoms with E-state index in [1.807, 2.05) is 73.7 Å². The minimum atomic E-state index is -0.544. The highest BCUT2D eigenvalue weighted by molar-refractivity contribution is 6.14. The van der Waals surface area contributed by atoms with Gasteiger partial charge in [-0.1, -0.05) is 60.7 Å². The standard InChI is InChI=1S/C28H23N3O4/c1-18(19-6-4-3-5-7-19)35-28(33)29-27-26-24-14-10-21(20-8-12-23(13-9-20)34-17-32)16-22(24)11-15-25(26)30-31(27)2/h3-18H,1-2H3,(H,29,33). The summed E-state index contributed by atoms with van der Waals surface area (Å²) in [5.41, 5.74) is 3.70. The molecule has 4 aromatic carbocycles. The van der Waals surface area contributed by atoms with Gasteiger partial charge in [-0.2, -0.15) is 5.10 Å². The molecular formula is C28H23N3O4. The van der Waals surface area contributed by atoms with Gasteiger partial charge in [0.05, 0.1) is 10.9 Å². The average molecular weight is 466 g/mol. The summed E-state index contributed by atoms with van der Waals surface area (Å²) in [6.45, 7) is 2.25. The van der Waals surface area contributed by atoms with Crippen molar-refractivity contribution in [2.75, 3.05) is 5.32 Å². The highest BCUT2D eigenvalue weighted by Gasteiger charge is 2.18. The third kappa shape index (κ3) is 4.44. The zero-order valence-electron chi connectivity index (χ0n) is 19.3. The second kappa shape index (κ2) is 9.30. The number of aryl methyl sites for hydroxylation is 1. The fraction of sp³-hybridized carbons (Fsp3) is 0.107. The van der Waals surface area contributed by atoms with Gasteiger partial charge in [-0.05, 0) is 58.7 Å². The summed E-state index contributed by atoms with van der Waals surface area (Å²) in [7, 11) is 1.79. The first kappa shape index (κ1) is 22.2. The van der Waals surface area contributed by atoms with Crippen molar-refractivity contribution in [1.29, 1.82) is 0 Å². The predicted molar refractivity (Wildman–Crippen MR) is 135 cm³/mol. The Labute approximate surface area is 201 Å². The molecule has 1 N–H and O–H groups in total. The molecule has 0 spiro atoms. The number of ether oxygens (including phenoxy) is 2. The van der Waals surface area contributed by atoms with E-state index in [1.165, 1.54) is 0 Å². The number of nitrogens with one attached hydrogen (secondary N) is 1. The van der Waals surface area contributed by atoms with Crippen molar-refractivity contribution in [2.45, 2.75) is 13.0 Å². The van der Waals surface area contributed by atoms with Crippen LogP contribution in [0.5, 0.6) is 5.75 Å². The van der Waals surface area contributed by atoms with Gasteiger partial charge in [0.15, 0.2) is 0 Å². The molecule has 0 fully saturated rings. The summed E-state index contributed by atoms with van der Waals surface area (Å²) in [5.74, 6) is 1.06. The Morgan fingerprint density at radius 1 is 0.971 bits per heavy atom. The Balaban J connectivity index is 1.46. The molecule has 7 nitrogen and oxygen atoms in total. The van der Waals surface area contributed by atoms with Crippen molar-refractivity contribution in [2.24, 2.45) is 7.05 Å². The van der Waals surface area contributed by atoms with Crippen LogP contribution in [-0.2, 0) is 16.6 Å². The van der Waals surface area contributed by atoms with Gasteiger partial charge < -0.3 is 9.47 Å². The molecule has 1 unspecified atom stereocenters. The van der Waals surface area contributed by atoms with Gasteiger partial charge >= 0.3 is 6.09 Å². The normalized spacial score (nSPS) is 11.8. The Kier molecular flexibility index (Phi) is 5.89. The van der Waals surface area contributed by atoms with E-state index in [4.69, 9.17) is 9.47 Å². The number of hydrogen-bond acceptors (Lipinski definition) is 5. The van der Waals surface area contributed by atoms with Crippen LogP contribution in [0, 0.1) is 0 Å². The molecule has 5 rings (SSSR count). The van der Waals surface area contributed by atoms with E-state index in [2.05, 4.69) is 16.5 Å². The summed E-state index contributed by atoms with van der Waals surface area (Å²) >= 11 is 0. The van der Waals surface area contributed by atoms with Crippen LogP contribution < -0.4 is 10.1 Å². The summed E-state index contributed by atoms with van der Waals surface area (Å²) in [6, 6.07) is 27.0. The number of benzene rings is 4. The number of carbonyl (C=O) groups is 2. The van der Waals surface area contributed by atoms with Crippen LogP contribution in [0.3, 0.4) is 0 Å². The van der Waals surface area contributed by atoms with Crippen LogP contribution in [0.25, 0.3) is 32.8 Å². The summed E-state index contributed by atoms with van der Waals surface area (Å²) in [6.07, 6.45) is -0.934. The maximum Gasteiger partial charge on any atom is 0.413 e. The van der Waals surface area contributed by atoms with Crippen molar-refractivity contribution < 1.29 is 19.1 Å². The average Bonchev–Trinajstić information content (AvgIpc) is 3.20. The van der Waals surface area contributed by atoms with E-state index in [0.717, 1.165) is 38.4 Å². The molecule has 1 aromatic heterocycles. The van der Waals surface area contributed by atoms with Crippen LogP contribution in [0.4, 0.5) is 10.6 Å². The number of aromatic nitrogens is 2. The number of amides is 1. The largest absolute Gasteiger partial charge is 0.441 e. The van der Waals surface area contributed by atoms with Crippen molar-refractivity contribution >= 4 is 40.1 Å². The predicted octanol–water partition coefficient (Wildman–Crippen LogP) is 6.24. The summed E-state index contributed by atoms with van der Waals surface area (Å²) in [5, 5.41) is 10.3. The number of hydrogen-bond donors (Lipinski definition) is 1. The lowest BCUT2D eigenvalue weighted by molar-refractivity contribution is -0.120. The van der Waals surface area contributed by atoms with E-state index in [9.17, 15) is 9.59 Å². The van der Waals surface area contributed by atoms with E-state index in [1.54, 1.807) is 23.9 Å². The minimum absolute atomic E-state index is 0.390. The van der Waals surface area contributed by atoms with Gasteiger partial charge in [-0.3, -0.25) is 14.8 Å². The van der Waals surface area contributed by atoms with Crippen molar-refractivity contribution in [3.05, 3.63) is 90.5 Å². The quantitative estimate of drug-likeness (QED) is 0.300. The van der Waals surface area contributed by atoms with Gasteiger partial charge in [0.2, 0.25) is 0 Å². The van der Waals surface area contributed by atoms with E-state index in [0.29, 0.717) is 18.0 Å². The first-order valence-corrected chi connectivity index (χ1v) is 11.2. The lowest BCUT2D eigenvalue weighted by atomic mass is 9.99. The van der Waals surface area contributed by atoms with Gasteiger partial charge in [0.25, 0.3) is 6.47 Å². The Morgan fingerprint density at radius 2 is 1.71 bits per heavy atom. The number of nitrogens with zero attached hydrogens (tertiary/aromatic N) is 2. The van der Waals surface area contributed by atoms with Crippen molar-refractivity contribution in [1.82, 2.24) is 9.78 Å². The zero-order chi connectivity index (χ0) is 24.4. The summed E-state index contributed by atoms with van der Waals surface area (Å²) < 4.78 is 12.1. The van der Waals surface area contributed by atoms with E-state index < -0.39 is 12.2 Å². The van der Waals surface area contributed by atoms with E-state index >= 15 is 0 Å². The molecule has 0 aliphatic rings. The molecule has 1 atom stereocenters. The Bertz CT molecular complexity index is 1530. The summed E-state index contributed by atoms with van der Waals surface area (Å²) in [4.78, 5) is 23.3. The molecule has 0 saturated carbocycles. The molecule has 0 radical (unpaired) electrons. The third-order valence-corrected chi connectivity index (χ3v) is 5.96. The topological polar surface area (TPSA) is 82.4 Å². The SMILES string of the molecule is CC(OC(=O)Nc1c2c(ccc3cc(-c4ccc(OC=O)cc4)ccc32)nn1C)c1ccccc1. The molecular weight excluding hydrogens is 442 g/mol. The van der Waals surface area contributed by atoms with Crippen molar-refractivity contribution in [3.8, 4) is 16.9 Å². The maximum atomic E-state index is 12.7. The zero-order valence-corrected chi connectivity index (χ0v) is 19.3. The second-order valence-corrected chi connectivity index (χ2v) is 8.19. The molecule has 1 heterocycles. The maximum absolute atomic E-state index is 12.7. The highest BCUT2D eigenvalue weighted by Crippen LogP contribution is 2.34. The molecule has 0 bridgehead atoms. The van der Waals surface area contributed by atoms with Gasteiger partial charge in [-0.15, -0.1) is 0 Å². The van der Waals surface area contributed by atoms with E-state index in [-0.39, 0.29) is 0 Å². The monoisotopic (exact) mass is 465 g/mol. The molecule has 5 aromatic rings. The molecule has 0 aliphatic carbocycles. The molecule has 0 aliphatic heterocycles. The molecule has 1 amide bonds. The Morgan fingerprint density at radius 3 is 2.46 bits per heavy atom. The number of fused-ring (bicyclic) bond motifs is 3. The van der Waals surface area contributed by atoms with Crippen LogP contribution >= 0.6 is 0 Å². The van der Waals surface area contributed by atoms with Crippen LogP contribution in [0.1, 0.15) is 18.6 Å². The van der Waals surface area contributed by atoms with Crippen molar-refractivity contribution in [3.63, 3.8) is 0 Å². The second-order valence-electron chi connectivity index (χ2n) is 8.19. The fourth-order valence-corrected chi connectivity index (χ4v) is 4.21. The number of carbonyl (C=O) groups excluding carboxylic acids is 2. The molecule has 174 valence electrons. The molecule has 7 heteroatoms. The molecule has 35 heavy (non-hydrogen) atoms. The molecule has 0 saturated heterocycles. The minimum Gasteiger partial charge on any atom is -0.441 e. The Hall–Kier alpha value is -4.65. The first-order chi connectivity index (χ1) is 17.0. The highest BCUT2D eigenvalue weighted by atomic mass is 16.6. The van der Waals surface area contributed by atoms with Gasteiger partial charge in [0.1, 0.15) is 17.7 Å². The van der Waals surface area contributed by atoms with Crippen LogP contribution in [-0.4, -0.2) is 22.3 Å². The fourth-order valence-electron chi connectivity index (χ4n) is 4.21. The van der Waals surface area contributed by atoms with Crippen LogP contribution in [0.15, 0.2) is 84.9 Å². The number of rotatable bonds is 6. The van der Waals surface area contributed by atoms with Crippen LogP contribution in [0.2, 0.25) is 0 Å². The third-order valence-electron chi connectivity index (χ3n) is 5.96. The van der Waals surface area contributed by atoms with Gasteiger partial charge in [-0.25, -0.2) is 4.79 Å². The van der Waals surface area contributed by atoms with Gasteiger partial charge in [0, 0.05) is 7.05 Å². The smallest absolute Gasteiger partial charge is 0.413 e.